The molecule has 0 radical (unpaired) electrons. The summed E-state index contributed by atoms with van der Waals surface area (Å²) >= 11 is 0. The molecular formula is C30H32N2O7P+. The van der Waals surface area contributed by atoms with E-state index < -0.39 is 19.5 Å². The Bertz CT molecular complexity index is 1400. The van der Waals surface area contributed by atoms with Gasteiger partial charge in [-0.3, -0.25) is 9.97 Å². The average Bonchev–Trinajstić information content (AvgIpc) is 2.96. The van der Waals surface area contributed by atoms with Crippen LogP contribution >= 0.6 is 8.25 Å². The van der Waals surface area contributed by atoms with Gasteiger partial charge in [-0.2, -0.15) is 0 Å². The van der Waals surface area contributed by atoms with Crippen molar-refractivity contribution in [2.75, 3.05) is 14.2 Å². The van der Waals surface area contributed by atoms with Crippen molar-refractivity contribution >= 4 is 8.25 Å². The zero-order valence-corrected chi connectivity index (χ0v) is 24.1. The van der Waals surface area contributed by atoms with Crippen molar-refractivity contribution in [3.63, 3.8) is 0 Å². The summed E-state index contributed by atoms with van der Waals surface area (Å²) in [4.78, 5) is 8.46. The number of pyridine rings is 2. The van der Waals surface area contributed by atoms with E-state index in [-0.39, 0.29) is 23.0 Å². The fourth-order valence-corrected chi connectivity index (χ4v) is 5.56. The average molecular weight is 564 g/mol. The van der Waals surface area contributed by atoms with Crippen molar-refractivity contribution in [3.05, 3.63) is 107 Å². The Balaban J connectivity index is 1.81. The molecule has 2 heterocycles. The highest BCUT2D eigenvalue weighted by Crippen LogP contribution is 2.50. The van der Waals surface area contributed by atoms with Crippen LogP contribution in [-0.4, -0.2) is 34.4 Å². The molecule has 2 N–H and O–H groups in total. The molecule has 0 aliphatic heterocycles. The van der Waals surface area contributed by atoms with Crippen molar-refractivity contribution in [1.29, 1.82) is 0 Å². The van der Waals surface area contributed by atoms with Gasteiger partial charge in [-0.25, -0.2) is 0 Å². The van der Waals surface area contributed by atoms with Crippen LogP contribution < -0.4 is 9.47 Å². The first-order valence-corrected chi connectivity index (χ1v) is 13.6. The number of methoxy groups -OCH3 is 2. The first kappa shape index (κ1) is 29.0. The van der Waals surface area contributed by atoms with E-state index in [4.69, 9.17) is 18.5 Å². The standard InChI is InChI=1S/C30H31N2O7P/c1-19-13-23(15-25(36-5)27(19)33)29(3,21-9-7-11-31-17-21)38-40(35)39-30(4,22-10-8-12-32-18-22)24-14-20(2)28(34)26(16-24)37-6/h7-18H,1-6H3,(H-,33,34)/p+1. The second kappa shape index (κ2) is 11.6. The predicted molar refractivity (Wildman–Crippen MR) is 150 cm³/mol. The normalized spacial score (nSPS) is 14.6. The van der Waals surface area contributed by atoms with E-state index in [1.807, 2.05) is 0 Å². The zero-order chi connectivity index (χ0) is 29.1. The molecule has 2 aromatic carbocycles. The van der Waals surface area contributed by atoms with E-state index in [1.54, 1.807) is 101 Å². The van der Waals surface area contributed by atoms with Crippen molar-refractivity contribution in [2.45, 2.75) is 38.9 Å². The third kappa shape index (κ3) is 5.49. The number of aromatic hydroxyl groups is 2. The Hall–Kier alpha value is -4.04. The summed E-state index contributed by atoms with van der Waals surface area (Å²) in [5.41, 5.74) is 0.845. The fraction of sp³-hybridized carbons (Fsp3) is 0.267. The molecule has 40 heavy (non-hydrogen) atoms. The molecule has 4 rings (SSSR count). The van der Waals surface area contributed by atoms with E-state index in [0.29, 0.717) is 33.4 Å². The van der Waals surface area contributed by atoms with Crippen molar-refractivity contribution in [2.24, 2.45) is 0 Å². The number of hydrogen-bond acceptors (Lipinski definition) is 9. The number of hydrogen-bond donors (Lipinski definition) is 2. The molecule has 0 saturated heterocycles. The van der Waals surface area contributed by atoms with E-state index in [2.05, 4.69) is 9.97 Å². The lowest BCUT2D eigenvalue weighted by molar-refractivity contribution is 0.0622. The fourth-order valence-electron chi connectivity index (χ4n) is 4.51. The lowest BCUT2D eigenvalue weighted by atomic mass is 9.88. The molecule has 0 spiro atoms. The van der Waals surface area contributed by atoms with Gasteiger partial charge in [0.25, 0.3) is 0 Å². The number of aryl methyl sites for hydroxylation is 2. The lowest BCUT2D eigenvalue weighted by Gasteiger charge is -2.28. The molecule has 208 valence electrons. The molecular weight excluding hydrogens is 531 g/mol. The maximum absolute atomic E-state index is 13.9. The number of rotatable bonds is 10. The first-order chi connectivity index (χ1) is 19.0. The lowest BCUT2D eigenvalue weighted by Crippen LogP contribution is -2.29. The highest BCUT2D eigenvalue weighted by atomic mass is 31.1. The van der Waals surface area contributed by atoms with Gasteiger partial charge >= 0.3 is 8.25 Å². The molecule has 2 aromatic heterocycles. The Morgan fingerprint density at radius 1 is 0.700 bits per heavy atom. The summed E-state index contributed by atoms with van der Waals surface area (Å²) in [6, 6.07) is 13.9. The molecule has 2 unspecified atom stereocenters. The van der Waals surface area contributed by atoms with E-state index in [9.17, 15) is 14.8 Å². The number of phenols is 2. The maximum Gasteiger partial charge on any atom is 0.699 e. The van der Waals surface area contributed by atoms with Crippen molar-refractivity contribution in [3.8, 4) is 23.0 Å². The molecule has 0 aliphatic rings. The van der Waals surface area contributed by atoms with Gasteiger partial charge < -0.3 is 19.7 Å². The van der Waals surface area contributed by atoms with Gasteiger partial charge in [-0.05, 0) is 86.3 Å². The smallest absolute Gasteiger partial charge is 0.504 e. The van der Waals surface area contributed by atoms with Crippen LogP contribution in [0.2, 0.25) is 0 Å². The molecule has 10 heteroatoms. The molecule has 0 amide bonds. The number of aromatic nitrogens is 2. The summed E-state index contributed by atoms with van der Waals surface area (Å²) < 4.78 is 37.2. The van der Waals surface area contributed by atoms with Crippen LogP contribution in [0.5, 0.6) is 23.0 Å². The third-order valence-corrected chi connectivity index (χ3v) is 8.04. The Morgan fingerprint density at radius 2 is 1.10 bits per heavy atom. The highest BCUT2D eigenvalue weighted by Gasteiger charge is 2.48. The molecule has 0 aliphatic carbocycles. The SMILES string of the molecule is COc1cc(C(C)(O[P+](=O)OC(C)(c2cccnc2)c2cc(C)c(O)c(OC)c2)c2cccnc2)cc(C)c1O. The van der Waals surface area contributed by atoms with Crippen LogP contribution in [-0.2, 0) is 24.8 Å². The first-order valence-electron chi connectivity index (χ1n) is 12.5. The molecule has 2 atom stereocenters. The minimum atomic E-state index is -2.83. The van der Waals surface area contributed by atoms with E-state index >= 15 is 0 Å². The number of benzene rings is 2. The monoisotopic (exact) mass is 563 g/mol. The van der Waals surface area contributed by atoms with Gasteiger partial charge in [0.15, 0.2) is 34.2 Å². The maximum atomic E-state index is 13.9. The second-order valence-corrected chi connectivity index (χ2v) is 10.5. The largest absolute Gasteiger partial charge is 0.699 e. The predicted octanol–water partition coefficient (Wildman–Crippen LogP) is 6.44. The summed E-state index contributed by atoms with van der Waals surface area (Å²) in [7, 11) is 0.0859. The number of nitrogens with zero attached hydrogens (tertiary/aromatic N) is 2. The van der Waals surface area contributed by atoms with E-state index in [0.717, 1.165) is 0 Å². The summed E-state index contributed by atoms with van der Waals surface area (Å²) in [5, 5.41) is 20.9. The Kier molecular flexibility index (Phi) is 8.40. The second-order valence-electron chi connectivity index (χ2n) is 9.64. The van der Waals surface area contributed by atoms with Crippen molar-refractivity contribution in [1.82, 2.24) is 9.97 Å². The van der Waals surface area contributed by atoms with Gasteiger partial charge in [0.2, 0.25) is 0 Å². The van der Waals surface area contributed by atoms with Crippen LogP contribution in [0.15, 0.2) is 73.3 Å². The van der Waals surface area contributed by atoms with Crippen molar-refractivity contribution < 1.29 is 33.3 Å². The summed E-state index contributed by atoms with van der Waals surface area (Å²) in [5.74, 6) is 0.496. The quantitative estimate of drug-likeness (QED) is 0.210. The summed E-state index contributed by atoms with van der Waals surface area (Å²) in [6.45, 7) is 6.98. The Labute approximate surface area is 234 Å². The number of ether oxygens (including phenoxy) is 2. The van der Waals surface area contributed by atoms with Gasteiger partial charge in [0, 0.05) is 40.5 Å². The highest BCUT2D eigenvalue weighted by molar-refractivity contribution is 7.33. The van der Waals surface area contributed by atoms with Crippen LogP contribution in [0.3, 0.4) is 0 Å². The van der Waals surface area contributed by atoms with Crippen LogP contribution in [0.1, 0.15) is 47.2 Å². The van der Waals surface area contributed by atoms with Crippen LogP contribution in [0.4, 0.5) is 0 Å². The van der Waals surface area contributed by atoms with Gasteiger partial charge in [0.05, 0.1) is 14.2 Å². The van der Waals surface area contributed by atoms with Gasteiger partial charge in [-0.1, -0.05) is 12.1 Å². The molecule has 9 nitrogen and oxygen atoms in total. The molecule has 0 fully saturated rings. The van der Waals surface area contributed by atoms with Gasteiger partial charge in [0.1, 0.15) is 0 Å². The van der Waals surface area contributed by atoms with Gasteiger partial charge in [-0.15, -0.1) is 9.05 Å². The summed E-state index contributed by atoms with van der Waals surface area (Å²) in [6.07, 6.45) is 6.49. The third-order valence-electron chi connectivity index (χ3n) is 7.01. The van der Waals surface area contributed by atoms with Crippen LogP contribution in [0.25, 0.3) is 0 Å². The minimum absolute atomic E-state index is 0.00113. The van der Waals surface area contributed by atoms with E-state index in [1.165, 1.54) is 14.2 Å². The minimum Gasteiger partial charge on any atom is -0.504 e. The van der Waals surface area contributed by atoms with Crippen LogP contribution in [0, 0.1) is 13.8 Å². The molecule has 4 aromatic rings. The Morgan fingerprint density at radius 3 is 1.43 bits per heavy atom. The molecule has 0 bridgehead atoms. The number of phenolic OH excluding ortho intramolecular Hbond substituents is 2. The zero-order valence-electron chi connectivity index (χ0n) is 23.2. The molecule has 0 saturated carbocycles. The topological polar surface area (TPSA) is 120 Å².